The maximum Gasteiger partial charge on any atom is 0.131 e. The van der Waals surface area contributed by atoms with E-state index in [1.165, 1.54) is 0 Å². The van der Waals surface area contributed by atoms with Crippen molar-refractivity contribution >= 4 is 11.6 Å². The Morgan fingerprint density at radius 3 is 2.47 bits per heavy atom. The fourth-order valence-corrected chi connectivity index (χ4v) is 1.95. The number of likely N-dealkylation sites (N-methyl/N-ethyl adjacent to an activating group) is 1. The summed E-state index contributed by atoms with van der Waals surface area (Å²) >= 11 is 0. The lowest BCUT2D eigenvalue weighted by Gasteiger charge is -2.23. The topological polar surface area (TPSA) is 53.1 Å². The smallest absolute Gasteiger partial charge is 0.131 e. The van der Waals surface area contributed by atoms with Gasteiger partial charge in [0.05, 0.1) is 0 Å². The maximum absolute atomic E-state index is 4.27. The largest absolute Gasteiger partial charge is 0.370 e. The van der Waals surface area contributed by atoms with Gasteiger partial charge in [-0.25, -0.2) is 9.97 Å². The Morgan fingerprint density at radius 2 is 1.84 bits per heavy atom. The molecule has 0 spiro atoms. The van der Waals surface area contributed by atoms with Gasteiger partial charge in [-0.1, -0.05) is 20.8 Å². The molecule has 5 nitrogen and oxygen atoms in total. The Kier molecular flexibility index (Phi) is 7.18. The highest BCUT2D eigenvalue weighted by atomic mass is 15.2. The summed E-state index contributed by atoms with van der Waals surface area (Å²) in [5, 5.41) is 6.69. The lowest BCUT2D eigenvalue weighted by molar-refractivity contribution is 0.294. The molecule has 0 saturated carbocycles. The van der Waals surface area contributed by atoms with E-state index >= 15 is 0 Å². The van der Waals surface area contributed by atoms with Gasteiger partial charge in [-0.05, 0) is 26.4 Å². The monoisotopic (exact) mass is 265 g/mol. The van der Waals surface area contributed by atoms with Gasteiger partial charge < -0.3 is 15.5 Å². The molecule has 2 N–H and O–H groups in total. The van der Waals surface area contributed by atoms with Crippen molar-refractivity contribution in [3.63, 3.8) is 0 Å². The third-order valence-corrected chi connectivity index (χ3v) is 3.04. The van der Waals surface area contributed by atoms with E-state index in [4.69, 9.17) is 0 Å². The summed E-state index contributed by atoms with van der Waals surface area (Å²) in [5.41, 5.74) is 0. The van der Waals surface area contributed by atoms with Gasteiger partial charge in [0.2, 0.25) is 0 Å². The molecule has 0 amide bonds. The number of hydrogen-bond acceptors (Lipinski definition) is 5. The van der Waals surface area contributed by atoms with Gasteiger partial charge in [0.1, 0.15) is 18.0 Å². The minimum absolute atomic E-state index is 0.369. The number of anilines is 2. The molecule has 0 aliphatic carbocycles. The minimum Gasteiger partial charge on any atom is -0.370 e. The van der Waals surface area contributed by atoms with Gasteiger partial charge in [0.15, 0.2) is 0 Å². The molecule has 0 fully saturated rings. The number of rotatable bonds is 9. The zero-order valence-corrected chi connectivity index (χ0v) is 12.6. The van der Waals surface area contributed by atoms with Gasteiger partial charge in [0, 0.05) is 25.2 Å². The van der Waals surface area contributed by atoms with Gasteiger partial charge >= 0.3 is 0 Å². The number of nitrogens with zero attached hydrogens (tertiary/aromatic N) is 3. The highest BCUT2D eigenvalue weighted by Crippen LogP contribution is 2.10. The van der Waals surface area contributed by atoms with Crippen molar-refractivity contribution in [1.29, 1.82) is 0 Å². The molecule has 0 aliphatic heterocycles. The van der Waals surface area contributed by atoms with Crippen molar-refractivity contribution in [3.8, 4) is 0 Å². The molecule has 1 aromatic rings. The van der Waals surface area contributed by atoms with Crippen LogP contribution in [0.4, 0.5) is 11.6 Å². The molecule has 0 aliphatic rings. The van der Waals surface area contributed by atoms with E-state index < -0.39 is 0 Å². The minimum atomic E-state index is 0.369. The first-order valence-electron chi connectivity index (χ1n) is 7.24. The summed E-state index contributed by atoms with van der Waals surface area (Å²) < 4.78 is 0. The van der Waals surface area contributed by atoms with E-state index in [1.807, 2.05) is 6.07 Å². The SMILES string of the molecule is CCCNc1cc(NC(C)CN(CC)CC)ncn1. The molecule has 1 heterocycles. The normalized spacial score (nSPS) is 12.5. The van der Waals surface area contributed by atoms with Crippen molar-refractivity contribution in [3.05, 3.63) is 12.4 Å². The van der Waals surface area contributed by atoms with Gasteiger partial charge in [-0.15, -0.1) is 0 Å². The van der Waals surface area contributed by atoms with E-state index in [0.29, 0.717) is 6.04 Å². The number of hydrogen-bond donors (Lipinski definition) is 2. The first-order valence-corrected chi connectivity index (χ1v) is 7.24. The van der Waals surface area contributed by atoms with Crippen LogP contribution in [0.25, 0.3) is 0 Å². The molecule has 0 aromatic carbocycles. The zero-order chi connectivity index (χ0) is 14.1. The summed E-state index contributed by atoms with van der Waals surface area (Å²) in [5.74, 6) is 1.77. The summed E-state index contributed by atoms with van der Waals surface area (Å²) in [6.45, 7) is 12.8. The van der Waals surface area contributed by atoms with Crippen LogP contribution in [-0.4, -0.2) is 47.1 Å². The number of aromatic nitrogens is 2. The van der Waals surface area contributed by atoms with Crippen LogP contribution in [0.15, 0.2) is 12.4 Å². The van der Waals surface area contributed by atoms with E-state index in [0.717, 1.165) is 44.2 Å². The molecule has 1 atom stereocenters. The Morgan fingerprint density at radius 1 is 1.16 bits per heavy atom. The van der Waals surface area contributed by atoms with Crippen LogP contribution in [0.5, 0.6) is 0 Å². The summed E-state index contributed by atoms with van der Waals surface area (Å²) in [4.78, 5) is 10.9. The molecule has 1 unspecified atom stereocenters. The van der Waals surface area contributed by atoms with Crippen LogP contribution in [0.3, 0.4) is 0 Å². The third-order valence-electron chi connectivity index (χ3n) is 3.04. The molecule has 5 heteroatoms. The Hall–Kier alpha value is -1.36. The fourth-order valence-electron chi connectivity index (χ4n) is 1.95. The van der Waals surface area contributed by atoms with Crippen molar-refractivity contribution in [2.45, 2.75) is 40.2 Å². The quantitative estimate of drug-likeness (QED) is 0.718. The predicted octanol–water partition coefficient (Wildman–Crippen LogP) is 2.44. The van der Waals surface area contributed by atoms with Crippen LogP contribution in [0.1, 0.15) is 34.1 Å². The van der Waals surface area contributed by atoms with Crippen LogP contribution in [-0.2, 0) is 0 Å². The van der Waals surface area contributed by atoms with Gasteiger partial charge in [-0.2, -0.15) is 0 Å². The Bertz CT molecular complexity index is 351. The Balaban J connectivity index is 2.51. The number of nitrogens with one attached hydrogen (secondary N) is 2. The summed E-state index contributed by atoms with van der Waals surface area (Å²) in [6.07, 6.45) is 2.69. The van der Waals surface area contributed by atoms with Gasteiger partial charge in [-0.3, -0.25) is 0 Å². The second-order valence-electron chi connectivity index (χ2n) is 4.75. The van der Waals surface area contributed by atoms with E-state index in [9.17, 15) is 0 Å². The van der Waals surface area contributed by atoms with E-state index in [-0.39, 0.29) is 0 Å². The lowest BCUT2D eigenvalue weighted by Crippen LogP contribution is -2.34. The van der Waals surface area contributed by atoms with Crippen LogP contribution >= 0.6 is 0 Å². The first kappa shape index (κ1) is 15.7. The molecule has 108 valence electrons. The molecule has 1 aromatic heterocycles. The second kappa shape index (κ2) is 8.69. The van der Waals surface area contributed by atoms with Crippen LogP contribution in [0, 0.1) is 0 Å². The predicted molar refractivity (Wildman–Crippen MR) is 81.7 cm³/mol. The summed E-state index contributed by atoms with van der Waals surface area (Å²) in [7, 11) is 0. The molecule has 0 bridgehead atoms. The highest BCUT2D eigenvalue weighted by Gasteiger charge is 2.08. The molecule has 1 rings (SSSR count). The third kappa shape index (κ3) is 5.87. The van der Waals surface area contributed by atoms with Crippen molar-refractivity contribution in [1.82, 2.24) is 14.9 Å². The fraction of sp³-hybridized carbons (Fsp3) is 0.714. The van der Waals surface area contributed by atoms with E-state index in [1.54, 1.807) is 6.33 Å². The molecule has 19 heavy (non-hydrogen) atoms. The van der Waals surface area contributed by atoms with Crippen molar-refractivity contribution in [2.24, 2.45) is 0 Å². The van der Waals surface area contributed by atoms with Crippen LogP contribution < -0.4 is 10.6 Å². The Labute approximate surface area is 116 Å². The maximum atomic E-state index is 4.27. The standard InChI is InChI=1S/C14H27N5/c1-5-8-15-13-9-14(17-11-16-13)18-12(4)10-19(6-2)7-3/h9,11-12H,5-8,10H2,1-4H3,(H2,15,16,17,18). The van der Waals surface area contributed by atoms with E-state index in [2.05, 4.69) is 53.2 Å². The van der Waals surface area contributed by atoms with Crippen molar-refractivity contribution in [2.75, 3.05) is 36.8 Å². The van der Waals surface area contributed by atoms with Crippen molar-refractivity contribution < 1.29 is 0 Å². The lowest BCUT2D eigenvalue weighted by atomic mass is 10.3. The first-order chi connectivity index (χ1) is 9.19. The zero-order valence-electron chi connectivity index (χ0n) is 12.6. The molecular formula is C14H27N5. The van der Waals surface area contributed by atoms with Gasteiger partial charge in [0.25, 0.3) is 0 Å². The average molecular weight is 265 g/mol. The molecule has 0 saturated heterocycles. The molecular weight excluding hydrogens is 238 g/mol. The second-order valence-corrected chi connectivity index (χ2v) is 4.75. The van der Waals surface area contributed by atoms with Crippen LogP contribution in [0.2, 0.25) is 0 Å². The highest BCUT2D eigenvalue weighted by molar-refractivity contribution is 5.46. The molecule has 0 radical (unpaired) electrons. The summed E-state index contributed by atoms with van der Waals surface area (Å²) in [6, 6.07) is 2.34. The average Bonchev–Trinajstić information content (AvgIpc) is 2.43.